The van der Waals surface area contributed by atoms with Crippen LogP contribution in [0, 0.1) is 6.92 Å². The molecule has 0 bridgehead atoms. The van der Waals surface area contributed by atoms with Crippen LogP contribution in [-0.4, -0.2) is 35.8 Å². The lowest BCUT2D eigenvalue weighted by Gasteiger charge is -2.29. The number of benzene rings is 1. The number of amides is 2. The highest BCUT2D eigenvalue weighted by Crippen LogP contribution is 2.27. The van der Waals surface area contributed by atoms with Gasteiger partial charge in [-0.2, -0.15) is 0 Å². The quantitative estimate of drug-likeness (QED) is 0.923. The van der Waals surface area contributed by atoms with Crippen LogP contribution in [0.15, 0.2) is 22.6 Å². The number of hydrogen-bond acceptors (Lipinski definition) is 3. The molecule has 3 rings (SSSR count). The number of carbonyl (C=O) groups excluding carboxylic acids is 2. The predicted octanol–water partition coefficient (Wildman–Crippen LogP) is 3.53. The van der Waals surface area contributed by atoms with Crippen molar-refractivity contribution >= 4 is 34.4 Å². The van der Waals surface area contributed by atoms with Crippen LogP contribution in [-0.2, 0) is 4.79 Å². The third kappa shape index (κ3) is 3.26. The second kappa shape index (κ2) is 6.85. The van der Waals surface area contributed by atoms with Gasteiger partial charge in [-0.15, -0.1) is 0 Å². The summed E-state index contributed by atoms with van der Waals surface area (Å²) in [4.78, 5) is 26.8. The second-order valence-corrected chi connectivity index (χ2v) is 6.71. The minimum absolute atomic E-state index is 0.0418. The van der Waals surface area contributed by atoms with Crippen molar-refractivity contribution in [2.75, 3.05) is 13.1 Å². The Kier molecular flexibility index (Phi) is 4.81. The molecular weight excluding hydrogens is 328 g/mol. The summed E-state index contributed by atoms with van der Waals surface area (Å²) in [6, 6.07) is 4.65. The summed E-state index contributed by atoms with van der Waals surface area (Å²) in [7, 11) is 0. The summed E-state index contributed by atoms with van der Waals surface area (Å²) in [5.41, 5.74) is 1.33. The number of nitrogens with zero attached hydrogens (tertiary/aromatic N) is 1. The molecule has 1 N–H and O–H groups in total. The molecule has 0 radical (unpaired) electrons. The molecule has 1 fully saturated rings. The first-order chi connectivity index (χ1) is 11.5. The summed E-state index contributed by atoms with van der Waals surface area (Å²) in [6.45, 7) is 5.06. The average molecular weight is 349 g/mol. The summed E-state index contributed by atoms with van der Waals surface area (Å²) in [5.74, 6) is -0.192. The Morgan fingerprint density at radius 1 is 1.25 bits per heavy atom. The molecule has 1 aliphatic heterocycles. The smallest absolute Gasteiger partial charge is 0.287 e. The molecule has 128 valence electrons. The molecule has 2 heterocycles. The molecule has 1 aromatic carbocycles. The molecule has 6 heteroatoms. The van der Waals surface area contributed by atoms with E-state index < -0.39 is 6.04 Å². The maximum atomic E-state index is 12.5. The molecule has 1 saturated heterocycles. The Balaban J connectivity index is 1.74. The fraction of sp³-hybridized carbons (Fsp3) is 0.444. The number of fused-ring (bicyclic) bond motifs is 1. The molecule has 1 aromatic heterocycles. The highest BCUT2D eigenvalue weighted by molar-refractivity contribution is 6.31. The van der Waals surface area contributed by atoms with E-state index in [1.807, 2.05) is 11.8 Å². The van der Waals surface area contributed by atoms with Crippen molar-refractivity contribution in [3.63, 3.8) is 0 Å². The van der Waals surface area contributed by atoms with Crippen LogP contribution in [0.2, 0.25) is 5.02 Å². The van der Waals surface area contributed by atoms with Crippen molar-refractivity contribution in [3.05, 3.63) is 34.5 Å². The van der Waals surface area contributed by atoms with Gasteiger partial charge in [0.25, 0.3) is 5.91 Å². The van der Waals surface area contributed by atoms with E-state index in [0.717, 1.165) is 43.3 Å². The zero-order valence-corrected chi connectivity index (χ0v) is 14.7. The number of furan rings is 1. The number of aryl methyl sites for hydroxylation is 1. The van der Waals surface area contributed by atoms with Crippen LogP contribution in [0.5, 0.6) is 0 Å². The normalized spacial score (nSPS) is 16.2. The Hall–Kier alpha value is -2.01. The standard InChI is InChI=1S/C18H21ClN2O3/c1-11-14-10-13(19)6-7-15(14)24-16(11)17(22)20-12(2)18(23)21-8-4-3-5-9-21/h6-7,10,12H,3-5,8-9H2,1-2H3,(H,20,22). The zero-order chi connectivity index (χ0) is 17.3. The molecule has 0 saturated carbocycles. The van der Waals surface area contributed by atoms with Crippen LogP contribution in [0.3, 0.4) is 0 Å². The molecule has 0 spiro atoms. The maximum absolute atomic E-state index is 12.5. The summed E-state index contributed by atoms with van der Waals surface area (Å²) < 4.78 is 5.65. The fourth-order valence-corrected chi connectivity index (χ4v) is 3.29. The molecular formula is C18H21ClN2O3. The molecule has 1 atom stereocenters. The number of hydrogen-bond donors (Lipinski definition) is 1. The van der Waals surface area contributed by atoms with Gasteiger partial charge >= 0.3 is 0 Å². The van der Waals surface area contributed by atoms with Crippen LogP contribution < -0.4 is 5.32 Å². The number of carbonyl (C=O) groups is 2. The van der Waals surface area contributed by atoms with Crippen LogP contribution in [0.1, 0.15) is 42.3 Å². The summed E-state index contributed by atoms with van der Waals surface area (Å²) in [6.07, 6.45) is 3.21. The number of likely N-dealkylation sites (tertiary alicyclic amines) is 1. The van der Waals surface area contributed by atoms with E-state index in [9.17, 15) is 9.59 Å². The molecule has 1 unspecified atom stereocenters. The molecule has 24 heavy (non-hydrogen) atoms. The van der Waals surface area contributed by atoms with Gasteiger partial charge in [-0.1, -0.05) is 11.6 Å². The second-order valence-electron chi connectivity index (χ2n) is 6.28. The van der Waals surface area contributed by atoms with Gasteiger partial charge in [0, 0.05) is 29.1 Å². The van der Waals surface area contributed by atoms with Crippen molar-refractivity contribution in [2.24, 2.45) is 0 Å². The molecule has 0 aliphatic carbocycles. The van der Waals surface area contributed by atoms with E-state index in [4.69, 9.17) is 16.0 Å². The van der Waals surface area contributed by atoms with E-state index in [-0.39, 0.29) is 17.6 Å². The van der Waals surface area contributed by atoms with Crippen molar-refractivity contribution in [1.82, 2.24) is 10.2 Å². The zero-order valence-electron chi connectivity index (χ0n) is 13.9. The van der Waals surface area contributed by atoms with E-state index in [0.29, 0.717) is 10.6 Å². The van der Waals surface area contributed by atoms with Crippen molar-refractivity contribution in [2.45, 2.75) is 39.2 Å². The summed E-state index contributed by atoms with van der Waals surface area (Å²) >= 11 is 6.00. The minimum Gasteiger partial charge on any atom is -0.451 e. The van der Waals surface area contributed by atoms with Gasteiger partial charge in [0.15, 0.2) is 5.76 Å². The van der Waals surface area contributed by atoms with Gasteiger partial charge < -0.3 is 14.6 Å². The van der Waals surface area contributed by atoms with Crippen molar-refractivity contribution in [3.8, 4) is 0 Å². The lowest BCUT2D eigenvalue weighted by molar-refractivity contribution is -0.133. The fourth-order valence-electron chi connectivity index (χ4n) is 3.12. The first kappa shape index (κ1) is 16.8. The van der Waals surface area contributed by atoms with E-state index in [1.165, 1.54) is 0 Å². The van der Waals surface area contributed by atoms with E-state index in [1.54, 1.807) is 25.1 Å². The first-order valence-corrected chi connectivity index (χ1v) is 8.63. The van der Waals surface area contributed by atoms with E-state index in [2.05, 4.69) is 5.32 Å². The lowest BCUT2D eigenvalue weighted by Crippen LogP contribution is -2.48. The molecule has 2 amide bonds. The summed E-state index contributed by atoms with van der Waals surface area (Å²) in [5, 5.41) is 4.15. The predicted molar refractivity (Wildman–Crippen MR) is 93.3 cm³/mol. The van der Waals surface area contributed by atoms with Crippen LogP contribution in [0.25, 0.3) is 11.0 Å². The van der Waals surface area contributed by atoms with Gasteiger partial charge in [0.05, 0.1) is 0 Å². The molecule has 1 aliphatic rings. The van der Waals surface area contributed by atoms with Gasteiger partial charge in [-0.3, -0.25) is 9.59 Å². The van der Waals surface area contributed by atoms with Gasteiger partial charge in [-0.05, 0) is 51.3 Å². The minimum atomic E-state index is -0.577. The topological polar surface area (TPSA) is 62.6 Å². The van der Waals surface area contributed by atoms with Crippen LogP contribution in [0.4, 0.5) is 0 Å². The van der Waals surface area contributed by atoms with Gasteiger partial charge in [0.2, 0.25) is 5.91 Å². The Bertz CT molecular complexity index is 778. The SMILES string of the molecule is Cc1c(C(=O)NC(C)C(=O)N2CCCCC2)oc2ccc(Cl)cc12. The maximum Gasteiger partial charge on any atom is 0.287 e. The monoisotopic (exact) mass is 348 g/mol. The Morgan fingerprint density at radius 3 is 2.67 bits per heavy atom. The molecule has 5 nitrogen and oxygen atoms in total. The Morgan fingerprint density at radius 2 is 1.96 bits per heavy atom. The Labute approximate surface area is 145 Å². The van der Waals surface area contributed by atoms with Crippen molar-refractivity contribution in [1.29, 1.82) is 0 Å². The highest BCUT2D eigenvalue weighted by atomic mass is 35.5. The number of piperidine rings is 1. The number of nitrogens with one attached hydrogen (secondary N) is 1. The van der Waals surface area contributed by atoms with Gasteiger partial charge in [-0.25, -0.2) is 0 Å². The molecule has 2 aromatic rings. The van der Waals surface area contributed by atoms with Gasteiger partial charge in [0.1, 0.15) is 11.6 Å². The van der Waals surface area contributed by atoms with E-state index >= 15 is 0 Å². The third-order valence-electron chi connectivity index (χ3n) is 4.49. The first-order valence-electron chi connectivity index (χ1n) is 8.25. The largest absolute Gasteiger partial charge is 0.451 e. The number of halogens is 1. The third-order valence-corrected chi connectivity index (χ3v) is 4.73. The number of rotatable bonds is 3. The average Bonchev–Trinajstić information content (AvgIpc) is 2.91. The lowest BCUT2D eigenvalue weighted by atomic mass is 10.1. The highest BCUT2D eigenvalue weighted by Gasteiger charge is 2.26. The van der Waals surface area contributed by atoms with Crippen molar-refractivity contribution < 1.29 is 14.0 Å². The van der Waals surface area contributed by atoms with Crippen LogP contribution >= 0.6 is 11.6 Å².